The van der Waals surface area contributed by atoms with Crippen molar-refractivity contribution in [2.24, 2.45) is 0 Å². The largest absolute Gasteiger partial charge is 0.0715 e. The zero-order chi connectivity index (χ0) is 3.58. The van der Waals surface area contributed by atoms with E-state index in [1.54, 1.807) is 0 Å². The molecule has 0 saturated heterocycles. The molecule has 0 aromatic rings. The first-order valence-corrected chi connectivity index (χ1v) is 4.50. The molecule has 0 amide bonds. The Balaban J connectivity index is 0. The van der Waals surface area contributed by atoms with E-state index in [-0.39, 0.29) is 47.4 Å². The van der Waals surface area contributed by atoms with Crippen molar-refractivity contribution >= 4 is 8.80 Å². The maximum Gasteiger partial charge on any atom is 0.0379 e. The first-order valence-electron chi connectivity index (χ1n) is 1.50. The van der Waals surface area contributed by atoms with Crippen molar-refractivity contribution in [1.29, 1.82) is 0 Å². The second-order valence-electron chi connectivity index (χ2n) is 1.50. The van der Waals surface area contributed by atoms with Crippen molar-refractivity contribution in [1.82, 2.24) is 0 Å². The van der Waals surface area contributed by atoms with Gasteiger partial charge in [-0.2, -0.15) is 0 Å². The summed E-state index contributed by atoms with van der Waals surface area (Å²) >= 11 is 0. The molecule has 0 spiro atoms. The van der Waals surface area contributed by atoms with Gasteiger partial charge in [0.1, 0.15) is 0 Å². The Morgan fingerprint density at radius 1 is 1.00 bits per heavy atom. The molecule has 0 aliphatic carbocycles. The van der Waals surface area contributed by atoms with Crippen LogP contribution in [0.5, 0.6) is 0 Å². The molecule has 0 aromatic heterocycles. The van der Waals surface area contributed by atoms with Gasteiger partial charge in [-0.25, -0.2) is 0 Å². The van der Waals surface area contributed by atoms with Gasteiger partial charge in [0, 0.05) is 47.4 Å². The van der Waals surface area contributed by atoms with E-state index in [1.165, 1.54) is 0 Å². The van der Waals surface area contributed by atoms with E-state index in [4.69, 9.17) is 0 Å². The SMILES string of the molecule is C[Si](C)C.[Tb]. The van der Waals surface area contributed by atoms with E-state index in [2.05, 4.69) is 19.6 Å². The summed E-state index contributed by atoms with van der Waals surface area (Å²) in [4.78, 5) is 0. The summed E-state index contributed by atoms with van der Waals surface area (Å²) < 4.78 is 0. The Bertz CT molecular complexity index is 11.6. The van der Waals surface area contributed by atoms with Crippen molar-refractivity contribution in [3.05, 3.63) is 0 Å². The van der Waals surface area contributed by atoms with Gasteiger partial charge in [0.25, 0.3) is 0 Å². The molecule has 0 atom stereocenters. The minimum atomic E-state index is 0. The van der Waals surface area contributed by atoms with Crippen molar-refractivity contribution in [3.8, 4) is 0 Å². The molecule has 0 unspecified atom stereocenters. The van der Waals surface area contributed by atoms with E-state index >= 15 is 0 Å². The van der Waals surface area contributed by atoms with E-state index in [0.717, 1.165) is 0 Å². The Labute approximate surface area is 66.4 Å². The summed E-state index contributed by atoms with van der Waals surface area (Å²) in [6.45, 7) is 6.81. The minimum Gasteiger partial charge on any atom is -0.0715 e. The van der Waals surface area contributed by atoms with Crippen LogP contribution in [0.3, 0.4) is 0 Å². The van der Waals surface area contributed by atoms with Gasteiger partial charge in [-0.05, 0) is 0 Å². The van der Waals surface area contributed by atoms with E-state index in [9.17, 15) is 0 Å². The topological polar surface area (TPSA) is 0 Å². The third-order valence-electron chi connectivity index (χ3n) is 0. The van der Waals surface area contributed by atoms with Crippen molar-refractivity contribution in [2.75, 3.05) is 0 Å². The van der Waals surface area contributed by atoms with Gasteiger partial charge in [-0.1, -0.05) is 19.6 Å². The second kappa shape index (κ2) is 5.50. The fourth-order valence-corrected chi connectivity index (χ4v) is 0. The normalized spacial score (nSPS) is 7.20. The van der Waals surface area contributed by atoms with Crippen LogP contribution in [-0.4, -0.2) is 8.80 Å². The van der Waals surface area contributed by atoms with Crippen molar-refractivity contribution in [3.63, 3.8) is 0 Å². The molecule has 0 nitrogen and oxygen atoms in total. The van der Waals surface area contributed by atoms with Crippen molar-refractivity contribution in [2.45, 2.75) is 19.6 Å². The average Bonchev–Trinajstić information content (AvgIpc) is 0.811. The molecule has 0 aliphatic rings. The van der Waals surface area contributed by atoms with Crippen LogP contribution in [0.4, 0.5) is 0 Å². The fraction of sp³-hybridized carbons (Fsp3) is 1.00. The molecule has 0 aromatic carbocycles. The first kappa shape index (κ1) is 9.71. The number of hydrogen-bond acceptors (Lipinski definition) is 0. The van der Waals surface area contributed by atoms with Crippen LogP contribution in [0.15, 0.2) is 0 Å². The molecule has 34 valence electrons. The zero-order valence-corrected chi connectivity index (χ0v) is 6.97. The van der Waals surface area contributed by atoms with E-state index in [0.29, 0.717) is 0 Å². The molecular weight excluding hydrogens is 223 g/mol. The standard InChI is InChI=1S/C3H9Si.Tb/c1-4(2)3;/h1-3H3;. The van der Waals surface area contributed by atoms with Gasteiger partial charge in [-0.3, -0.25) is 0 Å². The third kappa shape index (κ3) is 29.9. The summed E-state index contributed by atoms with van der Waals surface area (Å²) in [6, 6.07) is 0. The van der Waals surface area contributed by atoms with Gasteiger partial charge < -0.3 is 0 Å². The smallest absolute Gasteiger partial charge is 0.0379 e. The van der Waals surface area contributed by atoms with Crippen LogP contribution < -0.4 is 0 Å². The number of rotatable bonds is 0. The molecular formula is C3H9SiTb. The summed E-state index contributed by atoms with van der Waals surface area (Å²) in [7, 11) is 0.120. The molecule has 0 fully saturated rings. The molecule has 0 aliphatic heterocycles. The Kier molecular flexibility index (Phi) is 10.7. The quantitative estimate of drug-likeness (QED) is 0.553. The van der Waals surface area contributed by atoms with Gasteiger partial charge in [0.15, 0.2) is 0 Å². The van der Waals surface area contributed by atoms with Crippen LogP contribution in [0, 0.1) is 38.6 Å². The summed E-state index contributed by atoms with van der Waals surface area (Å²) in [5, 5.41) is 0. The molecule has 2 radical (unpaired) electrons. The summed E-state index contributed by atoms with van der Waals surface area (Å²) in [6.07, 6.45) is 0. The molecule has 0 heterocycles. The van der Waals surface area contributed by atoms with Crippen LogP contribution in [0.1, 0.15) is 0 Å². The van der Waals surface area contributed by atoms with Gasteiger partial charge in [0.05, 0.1) is 0 Å². The minimum absolute atomic E-state index is 0. The van der Waals surface area contributed by atoms with E-state index in [1.807, 2.05) is 0 Å². The molecule has 0 rings (SSSR count). The molecule has 5 heavy (non-hydrogen) atoms. The Morgan fingerprint density at radius 2 is 1.00 bits per heavy atom. The van der Waals surface area contributed by atoms with Gasteiger partial charge in [0.2, 0.25) is 0 Å². The third-order valence-corrected chi connectivity index (χ3v) is 0. The average molecular weight is 232 g/mol. The van der Waals surface area contributed by atoms with Crippen LogP contribution in [0.25, 0.3) is 0 Å². The molecule has 0 N–H and O–H groups in total. The maximum absolute atomic E-state index is 2.27. The molecule has 0 saturated carbocycles. The molecule has 0 bridgehead atoms. The van der Waals surface area contributed by atoms with Crippen LogP contribution >= 0.6 is 0 Å². The summed E-state index contributed by atoms with van der Waals surface area (Å²) in [5.74, 6) is 0. The maximum atomic E-state index is 2.27. The van der Waals surface area contributed by atoms with Crippen molar-refractivity contribution < 1.29 is 38.6 Å². The Morgan fingerprint density at radius 3 is 1.00 bits per heavy atom. The molecule has 2 heteroatoms. The van der Waals surface area contributed by atoms with Crippen LogP contribution in [0.2, 0.25) is 19.6 Å². The first-order chi connectivity index (χ1) is 1.73. The predicted octanol–water partition coefficient (Wildman–Crippen LogP) is 1.37. The summed E-state index contributed by atoms with van der Waals surface area (Å²) in [5.41, 5.74) is 0. The van der Waals surface area contributed by atoms with E-state index < -0.39 is 0 Å². The Hall–Kier alpha value is 1.50. The predicted molar refractivity (Wildman–Crippen MR) is 23.3 cm³/mol. The van der Waals surface area contributed by atoms with Crippen LogP contribution in [-0.2, 0) is 0 Å². The zero-order valence-electron chi connectivity index (χ0n) is 3.83. The fourth-order valence-electron chi connectivity index (χ4n) is 0. The second-order valence-corrected chi connectivity index (χ2v) is 4.50. The van der Waals surface area contributed by atoms with Gasteiger partial charge in [-0.15, -0.1) is 0 Å². The van der Waals surface area contributed by atoms with Gasteiger partial charge >= 0.3 is 0 Å². The monoisotopic (exact) mass is 232 g/mol. The number of hydrogen-bond donors (Lipinski definition) is 0.